The van der Waals surface area contributed by atoms with Crippen molar-refractivity contribution in [2.45, 2.75) is 25.4 Å². The van der Waals surface area contributed by atoms with Crippen molar-refractivity contribution in [2.24, 2.45) is 0 Å². The lowest BCUT2D eigenvalue weighted by atomic mass is 9.98. The molecule has 0 aliphatic carbocycles. The number of hydrogen-bond donors (Lipinski definition) is 3. The lowest BCUT2D eigenvalue weighted by Crippen LogP contribution is -2.44. The first kappa shape index (κ1) is 17.6. The highest BCUT2D eigenvalue weighted by atomic mass is 19.1. The van der Waals surface area contributed by atoms with Crippen LogP contribution in [0.25, 0.3) is 0 Å². The second-order valence-corrected chi connectivity index (χ2v) is 6.75. The molecule has 0 bridgehead atoms. The number of amides is 1. The van der Waals surface area contributed by atoms with Crippen LogP contribution in [0.2, 0.25) is 0 Å². The van der Waals surface area contributed by atoms with E-state index < -0.39 is 5.60 Å². The molecule has 25 heavy (non-hydrogen) atoms. The normalized spacial score (nSPS) is 19.8. The molecule has 1 fully saturated rings. The van der Waals surface area contributed by atoms with Gasteiger partial charge in [-0.15, -0.1) is 0 Å². The number of rotatable bonds is 5. The van der Waals surface area contributed by atoms with Crippen molar-refractivity contribution < 1.29 is 14.3 Å². The fourth-order valence-corrected chi connectivity index (χ4v) is 3.08. The quantitative estimate of drug-likeness (QED) is 0.780. The average molecular weight is 342 g/mol. The Bertz CT molecular complexity index is 770. The Morgan fingerprint density at radius 1 is 1.32 bits per heavy atom. The van der Waals surface area contributed by atoms with E-state index in [1.54, 1.807) is 25.1 Å². The van der Waals surface area contributed by atoms with Gasteiger partial charge in [0.05, 0.1) is 5.60 Å². The highest BCUT2D eigenvalue weighted by molar-refractivity contribution is 5.95. The summed E-state index contributed by atoms with van der Waals surface area (Å²) in [7, 11) is 0. The van der Waals surface area contributed by atoms with Gasteiger partial charge in [0.15, 0.2) is 0 Å². The van der Waals surface area contributed by atoms with Crippen LogP contribution in [0.15, 0.2) is 42.5 Å². The van der Waals surface area contributed by atoms with Gasteiger partial charge in [-0.1, -0.05) is 30.3 Å². The van der Waals surface area contributed by atoms with Crippen molar-refractivity contribution in [3.05, 3.63) is 70.5 Å². The Morgan fingerprint density at radius 3 is 2.84 bits per heavy atom. The molecule has 1 saturated heterocycles. The van der Waals surface area contributed by atoms with Crippen molar-refractivity contribution >= 4 is 5.91 Å². The van der Waals surface area contributed by atoms with Crippen molar-refractivity contribution in [2.75, 3.05) is 19.6 Å². The first-order chi connectivity index (χ1) is 12.0. The monoisotopic (exact) mass is 342 g/mol. The SMILES string of the molecule is Cc1ccc(Cc2ccccc2C(=O)NCC2(O)CCNC2)cc1F. The molecule has 3 rings (SSSR count). The average Bonchev–Trinajstić information content (AvgIpc) is 3.04. The summed E-state index contributed by atoms with van der Waals surface area (Å²) in [5, 5.41) is 16.2. The van der Waals surface area contributed by atoms with Crippen molar-refractivity contribution in [1.29, 1.82) is 0 Å². The van der Waals surface area contributed by atoms with E-state index in [2.05, 4.69) is 10.6 Å². The molecule has 4 nitrogen and oxygen atoms in total. The minimum Gasteiger partial charge on any atom is -0.387 e. The summed E-state index contributed by atoms with van der Waals surface area (Å²) in [5.74, 6) is -0.459. The summed E-state index contributed by atoms with van der Waals surface area (Å²) >= 11 is 0. The van der Waals surface area contributed by atoms with Gasteiger partial charge in [0.1, 0.15) is 5.82 Å². The van der Waals surface area contributed by atoms with E-state index in [-0.39, 0.29) is 18.3 Å². The molecule has 3 N–H and O–H groups in total. The van der Waals surface area contributed by atoms with Crippen LogP contribution in [-0.2, 0) is 6.42 Å². The van der Waals surface area contributed by atoms with Gasteiger partial charge in [0.25, 0.3) is 5.91 Å². The van der Waals surface area contributed by atoms with Crippen molar-refractivity contribution in [3.63, 3.8) is 0 Å². The highest BCUT2D eigenvalue weighted by Crippen LogP contribution is 2.18. The molecule has 1 aliphatic rings. The number of β-amino-alcohol motifs (C(OH)–C–C–N with tert-alkyl or cyclic N) is 1. The molecular weight excluding hydrogens is 319 g/mol. The molecule has 5 heteroatoms. The van der Waals surface area contributed by atoms with Crippen LogP contribution in [0, 0.1) is 12.7 Å². The molecule has 2 aromatic rings. The number of halogens is 1. The largest absolute Gasteiger partial charge is 0.387 e. The van der Waals surface area contributed by atoms with Gasteiger partial charge in [-0.2, -0.15) is 0 Å². The zero-order valence-corrected chi connectivity index (χ0v) is 14.3. The minimum atomic E-state index is -0.884. The van der Waals surface area contributed by atoms with Crippen LogP contribution >= 0.6 is 0 Å². The topological polar surface area (TPSA) is 61.4 Å². The van der Waals surface area contributed by atoms with E-state index in [0.29, 0.717) is 30.5 Å². The summed E-state index contributed by atoms with van der Waals surface area (Å²) < 4.78 is 13.8. The maximum atomic E-state index is 13.8. The number of aliphatic hydroxyl groups is 1. The smallest absolute Gasteiger partial charge is 0.251 e. The zero-order valence-electron chi connectivity index (χ0n) is 14.3. The van der Waals surface area contributed by atoms with Crippen molar-refractivity contribution in [1.82, 2.24) is 10.6 Å². The standard InChI is InChI=1S/C20H23FN2O2/c1-14-6-7-15(11-18(14)21)10-16-4-2-3-5-17(16)19(24)23-13-20(25)8-9-22-12-20/h2-7,11,22,25H,8-10,12-13H2,1H3,(H,23,24). The summed E-state index contributed by atoms with van der Waals surface area (Å²) in [5.41, 5.74) is 1.93. The second kappa shape index (κ2) is 7.33. The fourth-order valence-electron chi connectivity index (χ4n) is 3.08. The van der Waals surface area contributed by atoms with Gasteiger partial charge in [0, 0.05) is 18.7 Å². The molecule has 1 heterocycles. The molecular formula is C20H23FN2O2. The zero-order chi connectivity index (χ0) is 17.9. The molecule has 1 atom stereocenters. The van der Waals surface area contributed by atoms with Gasteiger partial charge in [-0.3, -0.25) is 4.79 Å². The first-order valence-electron chi connectivity index (χ1n) is 8.51. The van der Waals surface area contributed by atoms with Gasteiger partial charge < -0.3 is 15.7 Å². The number of nitrogens with one attached hydrogen (secondary N) is 2. The second-order valence-electron chi connectivity index (χ2n) is 6.75. The number of benzene rings is 2. The Labute approximate surface area is 147 Å². The lowest BCUT2D eigenvalue weighted by Gasteiger charge is -2.22. The molecule has 1 aliphatic heterocycles. The van der Waals surface area contributed by atoms with E-state index in [9.17, 15) is 14.3 Å². The van der Waals surface area contributed by atoms with Crippen LogP contribution in [0.3, 0.4) is 0 Å². The van der Waals surface area contributed by atoms with Crippen LogP contribution in [0.1, 0.15) is 33.5 Å². The minimum absolute atomic E-state index is 0.215. The molecule has 132 valence electrons. The van der Waals surface area contributed by atoms with Crippen LogP contribution in [0.5, 0.6) is 0 Å². The first-order valence-corrected chi connectivity index (χ1v) is 8.51. The van der Waals surface area contributed by atoms with Crippen molar-refractivity contribution in [3.8, 4) is 0 Å². The number of carbonyl (C=O) groups excluding carboxylic acids is 1. The molecule has 1 unspecified atom stereocenters. The number of hydrogen-bond acceptors (Lipinski definition) is 3. The summed E-state index contributed by atoms with van der Waals surface area (Å²) in [6, 6.07) is 12.4. The van der Waals surface area contributed by atoms with E-state index in [0.717, 1.165) is 17.7 Å². The van der Waals surface area contributed by atoms with Gasteiger partial charge in [-0.25, -0.2) is 4.39 Å². The van der Waals surface area contributed by atoms with E-state index in [4.69, 9.17) is 0 Å². The number of aryl methyl sites for hydroxylation is 1. The lowest BCUT2D eigenvalue weighted by molar-refractivity contribution is 0.0561. The van der Waals surface area contributed by atoms with Crippen LogP contribution in [-0.4, -0.2) is 36.2 Å². The van der Waals surface area contributed by atoms with E-state index >= 15 is 0 Å². The fraction of sp³-hybridized carbons (Fsp3) is 0.350. The predicted octanol–water partition coefficient (Wildman–Crippen LogP) is 2.18. The molecule has 0 aromatic heterocycles. The van der Waals surface area contributed by atoms with Crippen LogP contribution < -0.4 is 10.6 Å². The third-order valence-corrected chi connectivity index (χ3v) is 4.69. The summed E-state index contributed by atoms with van der Waals surface area (Å²) in [6.45, 7) is 3.18. The maximum Gasteiger partial charge on any atom is 0.251 e. The van der Waals surface area contributed by atoms with Gasteiger partial charge in [-0.05, 0) is 55.1 Å². The molecule has 2 aromatic carbocycles. The van der Waals surface area contributed by atoms with Crippen LogP contribution in [0.4, 0.5) is 4.39 Å². The Kier molecular flexibility index (Phi) is 5.16. The predicted molar refractivity (Wildman–Crippen MR) is 95.2 cm³/mol. The van der Waals surface area contributed by atoms with E-state index in [1.807, 2.05) is 18.2 Å². The maximum absolute atomic E-state index is 13.8. The van der Waals surface area contributed by atoms with E-state index in [1.165, 1.54) is 6.07 Å². The Balaban J connectivity index is 1.73. The highest BCUT2D eigenvalue weighted by Gasteiger charge is 2.31. The molecule has 0 spiro atoms. The summed E-state index contributed by atoms with van der Waals surface area (Å²) in [4.78, 5) is 12.6. The third kappa shape index (κ3) is 4.24. The summed E-state index contributed by atoms with van der Waals surface area (Å²) in [6.07, 6.45) is 1.10. The van der Waals surface area contributed by atoms with Gasteiger partial charge in [0.2, 0.25) is 0 Å². The Hall–Kier alpha value is -2.24. The molecule has 0 saturated carbocycles. The third-order valence-electron chi connectivity index (χ3n) is 4.69. The van der Waals surface area contributed by atoms with Gasteiger partial charge >= 0.3 is 0 Å². The Morgan fingerprint density at radius 2 is 2.12 bits per heavy atom. The number of carbonyl (C=O) groups is 1. The molecule has 0 radical (unpaired) electrons. The molecule has 1 amide bonds.